The smallest absolute Gasteiger partial charge is 0.340 e. The molecule has 0 unspecified atom stereocenters. The molecule has 2 aromatic rings. The number of hydrogen-bond donors (Lipinski definition) is 2. The number of nitrogens with zero attached hydrogens (tertiary/aromatic N) is 1. The maximum Gasteiger partial charge on any atom is 0.340 e. The second kappa shape index (κ2) is 5.50. The lowest BCUT2D eigenvalue weighted by Crippen LogP contribution is -2.25. The third kappa shape index (κ3) is 2.24. The molecule has 8 nitrogen and oxygen atoms in total. The minimum atomic E-state index is -0.736. The number of methoxy groups -OCH3 is 1. The van der Waals surface area contributed by atoms with Crippen LogP contribution < -0.4 is 16.6 Å². The quantitative estimate of drug-likeness (QED) is 0.610. The molecule has 0 spiro atoms. The van der Waals surface area contributed by atoms with Crippen LogP contribution in [0.25, 0.3) is 5.69 Å². The number of nitrogen functional groups attached to an aromatic ring is 1. The first kappa shape index (κ1) is 15.8. The zero-order chi connectivity index (χ0) is 17.6. The number of imide groups is 1. The lowest BCUT2D eigenvalue weighted by molar-refractivity contribution is 0.0600. The average molecular weight is 348 g/mol. The predicted octanol–water partition coefficient (Wildman–Crippen LogP) is 0.743. The van der Waals surface area contributed by atoms with Crippen molar-refractivity contribution in [1.82, 2.24) is 9.88 Å². The van der Waals surface area contributed by atoms with Crippen molar-refractivity contribution in [2.75, 3.05) is 12.8 Å². The number of esters is 1. The van der Waals surface area contributed by atoms with E-state index in [-0.39, 0.29) is 33.2 Å². The number of carbonyl (C=O) groups excluding carboxylic acids is 3. The number of aromatic nitrogens is 1. The third-order valence-electron chi connectivity index (χ3n) is 3.56. The number of nitrogens with two attached hydrogens (primary N) is 1. The fourth-order valence-corrected chi connectivity index (χ4v) is 2.68. The normalized spacial score (nSPS) is 12.8. The number of hydrogen-bond acceptors (Lipinski definition) is 6. The zero-order valence-electron chi connectivity index (χ0n) is 12.3. The summed E-state index contributed by atoms with van der Waals surface area (Å²) in [6.45, 7) is 0. The monoisotopic (exact) mass is 347 g/mol. The Morgan fingerprint density at radius 1 is 1.21 bits per heavy atom. The van der Waals surface area contributed by atoms with Crippen LogP contribution in [-0.4, -0.2) is 29.5 Å². The van der Waals surface area contributed by atoms with Crippen molar-refractivity contribution in [3.05, 3.63) is 56.3 Å². The van der Waals surface area contributed by atoms with E-state index in [1.54, 1.807) is 0 Å². The Kier molecular flexibility index (Phi) is 3.61. The molecular formula is C15H10ClN3O5. The number of rotatable bonds is 2. The van der Waals surface area contributed by atoms with Crippen LogP contribution in [0.5, 0.6) is 0 Å². The van der Waals surface area contributed by atoms with Gasteiger partial charge in [-0.1, -0.05) is 11.6 Å². The van der Waals surface area contributed by atoms with E-state index in [9.17, 15) is 19.2 Å². The summed E-state index contributed by atoms with van der Waals surface area (Å²) in [5, 5.41) is 2.31. The zero-order valence-corrected chi connectivity index (χ0v) is 13.0. The molecule has 3 rings (SSSR count). The summed E-state index contributed by atoms with van der Waals surface area (Å²) in [6, 6.07) is 5.15. The molecule has 1 aromatic heterocycles. The average Bonchev–Trinajstić information content (AvgIpc) is 2.82. The highest BCUT2D eigenvalue weighted by atomic mass is 35.5. The predicted molar refractivity (Wildman–Crippen MR) is 84.6 cm³/mol. The second-order valence-electron chi connectivity index (χ2n) is 4.93. The summed E-state index contributed by atoms with van der Waals surface area (Å²) < 4.78 is 5.63. The van der Waals surface area contributed by atoms with Gasteiger partial charge in [0.05, 0.1) is 29.5 Å². The van der Waals surface area contributed by atoms with Gasteiger partial charge in [0.1, 0.15) is 5.82 Å². The molecule has 0 saturated carbocycles. The minimum absolute atomic E-state index is 0.0107. The molecule has 1 aromatic carbocycles. The van der Waals surface area contributed by atoms with Crippen LogP contribution in [-0.2, 0) is 4.74 Å². The maximum atomic E-state index is 12.4. The van der Waals surface area contributed by atoms with Gasteiger partial charge in [-0.15, -0.1) is 0 Å². The Bertz CT molecular complexity index is 980. The van der Waals surface area contributed by atoms with E-state index in [1.807, 2.05) is 0 Å². The lowest BCUT2D eigenvalue weighted by Gasteiger charge is -2.15. The number of fused-ring (bicyclic) bond motifs is 1. The number of ether oxygens (including phenoxy) is 1. The van der Waals surface area contributed by atoms with Crippen LogP contribution >= 0.6 is 11.6 Å². The van der Waals surface area contributed by atoms with Crippen molar-refractivity contribution < 1.29 is 19.1 Å². The van der Waals surface area contributed by atoms with Crippen LogP contribution in [0.1, 0.15) is 31.1 Å². The molecule has 9 heteroatoms. The van der Waals surface area contributed by atoms with Crippen molar-refractivity contribution >= 4 is 35.2 Å². The van der Waals surface area contributed by atoms with Crippen LogP contribution in [0.15, 0.2) is 29.1 Å². The molecule has 2 heterocycles. The summed E-state index contributed by atoms with van der Waals surface area (Å²) in [4.78, 5) is 47.9. The first-order valence-corrected chi connectivity index (χ1v) is 7.02. The van der Waals surface area contributed by atoms with Crippen LogP contribution in [0.4, 0.5) is 5.82 Å². The van der Waals surface area contributed by atoms with Gasteiger partial charge in [0.2, 0.25) is 0 Å². The Morgan fingerprint density at radius 3 is 2.58 bits per heavy atom. The number of nitrogens with one attached hydrogen (secondary N) is 1. The van der Waals surface area contributed by atoms with Crippen molar-refractivity contribution in [1.29, 1.82) is 0 Å². The number of amides is 2. The van der Waals surface area contributed by atoms with Gasteiger partial charge in [-0.2, -0.15) is 0 Å². The molecule has 24 heavy (non-hydrogen) atoms. The van der Waals surface area contributed by atoms with Gasteiger partial charge in [-0.3, -0.25) is 24.3 Å². The van der Waals surface area contributed by atoms with E-state index < -0.39 is 23.3 Å². The molecule has 0 atom stereocenters. The fourth-order valence-electron chi connectivity index (χ4n) is 2.50. The molecule has 0 aliphatic carbocycles. The standard InChI is InChI=1S/C15H10ClN3O5/c1-24-15(23)7-4-6(16)2-3-9(7)19-10(20)5-8-11(12(19)17)14(22)18-13(8)21/h2-5H,17H2,1H3,(H,18,21,22). The molecule has 0 saturated heterocycles. The largest absolute Gasteiger partial charge is 0.465 e. The minimum Gasteiger partial charge on any atom is -0.465 e. The highest BCUT2D eigenvalue weighted by Crippen LogP contribution is 2.26. The number of halogens is 1. The van der Waals surface area contributed by atoms with E-state index in [0.717, 1.165) is 10.6 Å². The van der Waals surface area contributed by atoms with Gasteiger partial charge in [-0.05, 0) is 18.2 Å². The van der Waals surface area contributed by atoms with Gasteiger partial charge in [0.25, 0.3) is 17.4 Å². The maximum absolute atomic E-state index is 12.4. The summed E-state index contributed by atoms with van der Waals surface area (Å²) in [5.41, 5.74) is 5.11. The Morgan fingerprint density at radius 2 is 1.92 bits per heavy atom. The van der Waals surface area contributed by atoms with Crippen molar-refractivity contribution in [3.63, 3.8) is 0 Å². The number of benzene rings is 1. The molecule has 1 aliphatic heterocycles. The molecule has 3 N–H and O–H groups in total. The van der Waals surface area contributed by atoms with E-state index in [2.05, 4.69) is 10.1 Å². The van der Waals surface area contributed by atoms with Gasteiger partial charge in [0, 0.05) is 11.1 Å². The van der Waals surface area contributed by atoms with Crippen LogP contribution in [0, 0.1) is 0 Å². The molecule has 0 fully saturated rings. The van der Waals surface area contributed by atoms with E-state index in [0.29, 0.717) is 0 Å². The topological polar surface area (TPSA) is 120 Å². The van der Waals surface area contributed by atoms with E-state index >= 15 is 0 Å². The van der Waals surface area contributed by atoms with Gasteiger partial charge in [0.15, 0.2) is 0 Å². The van der Waals surface area contributed by atoms with Crippen molar-refractivity contribution in [2.24, 2.45) is 0 Å². The Labute approximate surface area is 139 Å². The van der Waals surface area contributed by atoms with Gasteiger partial charge >= 0.3 is 5.97 Å². The van der Waals surface area contributed by atoms with E-state index in [4.69, 9.17) is 17.3 Å². The molecule has 0 bridgehead atoms. The van der Waals surface area contributed by atoms with Gasteiger partial charge in [-0.25, -0.2) is 4.79 Å². The molecule has 0 radical (unpaired) electrons. The van der Waals surface area contributed by atoms with Crippen molar-refractivity contribution in [3.8, 4) is 5.69 Å². The molecule has 122 valence electrons. The molecular weight excluding hydrogens is 338 g/mol. The second-order valence-corrected chi connectivity index (χ2v) is 5.36. The van der Waals surface area contributed by atoms with Crippen LogP contribution in [0.3, 0.4) is 0 Å². The van der Waals surface area contributed by atoms with Crippen LogP contribution in [0.2, 0.25) is 5.02 Å². The molecule has 1 aliphatic rings. The van der Waals surface area contributed by atoms with Gasteiger partial charge < -0.3 is 10.5 Å². The SMILES string of the molecule is COC(=O)c1cc(Cl)ccc1-n1c(N)c2c(cc1=O)C(=O)NC2=O. The summed E-state index contributed by atoms with van der Waals surface area (Å²) >= 11 is 5.89. The third-order valence-corrected chi connectivity index (χ3v) is 3.79. The molecule has 2 amide bonds. The first-order chi connectivity index (χ1) is 11.3. The number of carbonyl (C=O) groups is 3. The summed E-state index contributed by atoms with van der Waals surface area (Å²) in [5.74, 6) is -2.40. The fraction of sp³-hybridized carbons (Fsp3) is 0.0667. The number of anilines is 1. The number of pyridine rings is 1. The Hall–Kier alpha value is -3.13. The highest BCUT2D eigenvalue weighted by molar-refractivity contribution is 6.31. The first-order valence-electron chi connectivity index (χ1n) is 6.64. The van der Waals surface area contributed by atoms with E-state index in [1.165, 1.54) is 25.3 Å². The highest BCUT2D eigenvalue weighted by Gasteiger charge is 2.32. The Balaban J connectivity index is 2.36. The lowest BCUT2D eigenvalue weighted by atomic mass is 10.1. The van der Waals surface area contributed by atoms with Crippen molar-refractivity contribution in [2.45, 2.75) is 0 Å². The summed E-state index contributed by atoms with van der Waals surface area (Å²) in [6.07, 6.45) is 0. The summed E-state index contributed by atoms with van der Waals surface area (Å²) in [7, 11) is 1.17.